The molecule has 7 nitrogen and oxygen atoms in total. The number of nitrogens with one attached hydrogen (secondary N) is 1. The number of amides is 1. The zero-order valence-corrected chi connectivity index (χ0v) is 17.1. The molecule has 1 N–H and O–H groups in total. The summed E-state index contributed by atoms with van der Waals surface area (Å²) in [6.07, 6.45) is 7.92. The first-order chi connectivity index (χ1) is 14.6. The van der Waals surface area contributed by atoms with Crippen LogP contribution in [0.2, 0.25) is 0 Å². The first-order valence-electron chi connectivity index (χ1n) is 10.8. The third-order valence-corrected chi connectivity index (χ3v) is 7.00. The fraction of sp³-hybridized carbons (Fsp3) is 0.522. The largest absolute Gasteiger partial charge is 0.493 e. The van der Waals surface area contributed by atoms with Crippen LogP contribution in [0, 0.1) is 23.7 Å². The van der Waals surface area contributed by atoms with Gasteiger partial charge in [0.05, 0.1) is 19.0 Å². The number of aromatic nitrogens is 2. The Balaban J connectivity index is 1.20. The Labute approximate surface area is 175 Å². The van der Waals surface area contributed by atoms with Crippen LogP contribution in [-0.2, 0) is 9.53 Å². The normalized spacial score (nSPS) is 28.9. The Bertz CT molecular complexity index is 911. The van der Waals surface area contributed by atoms with Gasteiger partial charge >= 0.3 is 5.97 Å². The highest BCUT2D eigenvalue weighted by Gasteiger charge is 2.48. The molecule has 30 heavy (non-hydrogen) atoms. The van der Waals surface area contributed by atoms with Crippen LogP contribution in [0.25, 0.3) is 5.69 Å². The van der Waals surface area contributed by atoms with Gasteiger partial charge in [-0.25, -0.2) is 9.48 Å². The Morgan fingerprint density at radius 1 is 1.07 bits per heavy atom. The summed E-state index contributed by atoms with van der Waals surface area (Å²) in [6, 6.07) is 9.66. The van der Waals surface area contributed by atoms with E-state index in [0.29, 0.717) is 17.6 Å². The zero-order valence-electron chi connectivity index (χ0n) is 17.1. The van der Waals surface area contributed by atoms with Crippen molar-refractivity contribution in [2.45, 2.75) is 38.1 Å². The van der Waals surface area contributed by atoms with Crippen molar-refractivity contribution in [3.05, 3.63) is 42.2 Å². The van der Waals surface area contributed by atoms with E-state index in [1.54, 1.807) is 10.9 Å². The standard InChI is InChI=1S/C23H27N3O4/c1-29-19-12-26(18-5-3-2-4-6-18)25-22(19)23(28)30-13-20(27)24-21-16-8-14-7-15(10-16)11-17(21)9-14/h2-6,12,14-17,21H,7-11,13H2,1H3,(H,24,27). The van der Waals surface area contributed by atoms with Gasteiger partial charge in [-0.1, -0.05) is 18.2 Å². The van der Waals surface area contributed by atoms with Gasteiger partial charge in [0.15, 0.2) is 12.4 Å². The molecule has 1 heterocycles. The van der Waals surface area contributed by atoms with E-state index in [0.717, 1.165) is 17.5 Å². The summed E-state index contributed by atoms with van der Waals surface area (Å²) in [6.45, 7) is -0.303. The topological polar surface area (TPSA) is 82.5 Å². The summed E-state index contributed by atoms with van der Waals surface area (Å²) in [4.78, 5) is 25.1. The lowest BCUT2D eigenvalue weighted by atomic mass is 9.54. The monoisotopic (exact) mass is 409 g/mol. The molecule has 158 valence electrons. The smallest absolute Gasteiger partial charge is 0.363 e. The van der Waals surface area contributed by atoms with E-state index in [1.165, 1.54) is 39.2 Å². The van der Waals surface area contributed by atoms with E-state index < -0.39 is 5.97 Å². The molecule has 7 heteroatoms. The number of ether oxygens (including phenoxy) is 2. The number of esters is 1. The maximum absolute atomic E-state index is 12.6. The number of benzene rings is 1. The van der Waals surface area contributed by atoms with Crippen molar-refractivity contribution in [3.8, 4) is 11.4 Å². The molecule has 2 aromatic rings. The second-order valence-electron chi connectivity index (χ2n) is 8.93. The van der Waals surface area contributed by atoms with Crippen LogP contribution < -0.4 is 10.1 Å². The summed E-state index contributed by atoms with van der Waals surface area (Å²) >= 11 is 0. The number of methoxy groups -OCH3 is 1. The van der Waals surface area contributed by atoms with E-state index in [2.05, 4.69) is 10.4 Å². The molecule has 1 aromatic heterocycles. The predicted octanol–water partition coefficient (Wildman–Crippen LogP) is 2.98. The third-order valence-electron chi connectivity index (χ3n) is 7.00. The molecule has 0 atom stereocenters. The van der Waals surface area contributed by atoms with Gasteiger partial charge in [-0.2, -0.15) is 5.10 Å². The van der Waals surface area contributed by atoms with Crippen molar-refractivity contribution in [1.29, 1.82) is 0 Å². The minimum absolute atomic E-state index is 0.0591. The van der Waals surface area contributed by atoms with E-state index in [9.17, 15) is 9.59 Å². The molecule has 0 unspecified atom stereocenters. The second-order valence-corrected chi connectivity index (χ2v) is 8.93. The van der Waals surface area contributed by atoms with Gasteiger partial charge < -0.3 is 14.8 Å². The molecule has 1 aromatic carbocycles. The molecule has 4 saturated carbocycles. The van der Waals surface area contributed by atoms with Gasteiger partial charge in [0.1, 0.15) is 0 Å². The molecule has 0 spiro atoms. The molecule has 4 aliphatic rings. The van der Waals surface area contributed by atoms with Gasteiger partial charge in [-0.3, -0.25) is 4.79 Å². The number of rotatable bonds is 6. The van der Waals surface area contributed by atoms with Crippen molar-refractivity contribution in [2.75, 3.05) is 13.7 Å². The number of para-hydroxylation sites is 1. The summed E-state index contributed by atoms with van der Waals surface area (Å²) in [7, 11) is 1.47. The molecule has 6 rings (SSSR count). The molecular weight excluding hydrogens is 382 g/mol. The fourth-order valence-electron chi connectivity index (χ4n) is 5.95. The van der Waals surface area contributed by atoms with Gasteiger partial charge in [-0.15, -0.1) is 0 Å². The van der Waals surface area contributed by atoms with Crippen molar-refractivity contribution in [2.24, 2.45) is 23.7 Å². The number of carbonyl (C=O) groups excluding carboxylic acids is 2. The SMILES string of the molecule is COc1cn(-c2ccccc2)nc1C(=O)OCC(=O)NC1C2CC3CC(C2)CC1C3. The summed E-state index contributed by atoms with van der Waals surface area (Å²) in [5.74, 6) is 2.29. The molecule has 0 saturated heterocycles. The van der Waals surface area contributed by atoms with Crippen molar-refractivity contribution >= 4 is 11.9 Å². The van der Waals surface area contributed by atoms with Crippen LogP contribution in [0.15, 0.2) is 36.5 Å². The highest BCUT2D eigenvalue weighted by atomic mass is 16.5. The van der Waals surface area contributed by atoms with Crippen LogP contribution in [0.4, 0.5) is 0 Å². The minimum atomic E-state index is -0.665. The Hall–Kier alpha value is -2.83. The lowest BCUT2D eigenvalue weighted by molar-refractivity contribution is -0.128. The van der Waals surface area contributed by atoms with Gasteiger partial charge in [0.2, 0.25) is 5.69 Å². The molecule has 4 bridgehead atoms. The predicted molar refractivity (Wildman–Crippen MR) is 109 cm³/mol. The summed E-state index contributed by atoms with van der Waals surface area (Å²) in [5.41, 5.74) is 0.859. The quantitative estimate of drug-likeness (QED) is 0.742. The van der Waals surface area contributed by atoms with Crippen LogP contribution in [0.1, 0.15) is 42.6 Å². The number of nitrogens with zero attached hydrogens (tertiary/aromatic N) is 2. The van der Waals surface area contributed by atoms with E-state index in [4.69, 9.17) is 9.47 Å². The van der Waals surface area contributed by atoms with Gasteiger partial charge in [-0.05, 0) is 67.9 Å². The van der Waals surface area contributed by atoms with E-state index >= 15 is 0 Å². The Morgan fingerprint density at radius 3 is 2.37 bits per heavy atom. The van der Waals surface area contributed by atoms with Crippen LogP contribution in [0.3, 0.4) is 0 Å². The van der Waals surface area contributed by atoms with Crippen molar-refractivity contribution in [3.63, 3.8) is 0 Å². The lowest BCUT2D eigenvalue weighted by Gasteiger charge is -2.54. The number of hydrogen-bond donors (Lipinski definition) is 1. The Morgan fingerprint density at radius 2 is 1.73 bits per heavy atom. The molecular formula is C23H27N3O4. The molecule has 0 radical (unpaired) electrons. The number of carbonyl (C=O) groups is 2. The van der Waals surface area contributed by atoms with Gasteiger partial charge in [0.25, 0.3) is 5.91 Å². The average molecular weight is 409 g/mol. The zero-order chi connectivity index (χ0) is 20.7. The average Bonchev–Trinajstić information content (AvgIpc) is 3.19. The first kappa shape index (κ1) is 19.2. The second kappa shape index (κ2) is 7.78. The van der Waals surface area contributed by atoms with Crippen LogP contribution in [-0.4, -0.2) is 41.4 Å². The van der Waals surface area contributed by atoms with E-state index in [1.807, 2.05) is 30.3 Å². The highest BCUT2D eigenvalue weighted by Crippen LogP contribution is 2.53. The minimum Gasteiger partial charge on any atom is -0.493 e. The van der Waals surface area contributed by atoms with Crippen molar-refractivity contribution < 1.29 is 19.1 Å². The molecule has 4 aliphatic carbocycles. The summed E-state index contributed by atoms with van der Waals surface area (Å²) < 4.78 is 12.1. The maximum Gasteiger partial charge on any atom is 0.363 e. The Kier molecular flexibility index (Phi) is 4.97. The maximum atomic E-state index is 12.6. The van der Waals surface area contributed by atoms with Gasteiger partial charge in [0, 0.05) is 6.04 Å². The third kappa shape index (κ3) is 3.57. The van der Waals surface area contributed by atoms with E-state index in [-0.39, 0.29) is 24.2 Å². The van der Waals surface area contributed by atoms with Crippen LogP contribution >= 0.6 is 0 Å². The van der Waals surface area contributed by atoms with Crippen LogP contribution in [0.5, 0.6) is 5.75 Å². The molecule has 1 amide bonds. The fourth-order valence-corrected chi connectivity index (χ4v) is 5.95. The first-order valence-corrected chi connectivity index (χ1v) is 10.8. The van der Waals surface area contributed by atoms with Crippen molar-refractivity contribution in [1.82, 2.24) is 15.1 Å². The molecule has 0 aliphatic heterocycles. The molecule has 4 fully saturated rings. The number of hydrogen-bond acceptors (Lipinski definition) is 5. The summed E-state index contributed by atoms with van der Waals surface area (Å²) in [5, 5.41) is 7.45. The highest BCUT2D eigenvalue weighted by molar-refractivity contribution is 5.92. The lowest BCUT2D eigenvalue weighted by Crippen LogP contribution is -2.56.